The third-order valence-corrected chi connectivity index (χ3v) is 3.47. The zero-order valence-electron chi connectivity index (χ0n) is 7.34. The topological polar surface area (TPSA) is 21.3 Å². The number of methoxy groups -OCH3 is 1. The van der Waals surface area contributed by atoms with E-state index >= 15 is 0 Å². The number of nitrogens with one attached hydrogen (secondary N) is 1. The highest BCUT2D eigenvalue weighted by atomic mass is 16.5. The molecular weight excluding hydrogens is 138 g/mol. The first-order valence-corrected chi connectivity index (χ1v) is 4.55. The highest BCUT2D eigenvalue weighted by Gasteiger charge is 2.45. The standard InChI is InChI=1S/C9H17NO/c1-10-8-4-7-3-6(8)5-9(7)11-2/h6-10H,3-5H2,1-2H3. The molecule has 0 saturated heterocycles. The number of fused-ring (bicyclic) bond motifs is 2. The van der Waals surface area contributed by atoms with Crippen LogP contribution < -0.4 is 5.32 Å². The lowest BCUT2D eigenvalue weighted by Gasteiger charge is -2.26. The summed E-state index contributed by atoms with van der Waals surface area (Å²) in [6.45, 7) is 0. The third-order valence-electron chi connectivity index (χ3n) is 3.47. The van der Waals surface area contributed by atoms with Crippen LogP contribution in [0.3, 0.4) is 0 Å². The Morgan fingerprint density at radius 2 is 2.00 bits per heavy atom. The molecule has 4 unspecified atom stereocenters. The number of rotatable bonds is 2. The van der Waals surface area contributed by atoms with Gasteiger partial charge in [-0.3, -0.25) is 0 Å². The van der Waals surface area contributed by atoms with E-state index in [0.717, 1.165) is 17.9 Å². The zero-order chi connectivity index (χ0) is 7.84. The van der Waals surface area contributed by atoms with E-state index in [1.807, 2.05) is 7.11 Å². The second-order valence-corrected chi connectivity index (χ2v) is 3.90. The first-order valence-electron chi connectivity index (χ1n) is 4.55. The van der Waals surface area contributed by atoms with Crippen molar-refractivity contribution in [2.45, 2.75) is 31.4 Å². The molecule has 2 nitrogen and oxygen atoms in total. The maximum absolute atomic E-state index is 5.41. The van der Waals surface area contributed by atoms with Crippen molar-refractivity contribution in [2.75, 3.05) is 14.2 Å². The number of ether oxygens (including phenoxy) is 1. The van der Waals surface area contributed by atoms with Gasteiger partial charge in [0.15, 0.2) is 0 Å². The lowest BCUT2D eigenvalue weighted by atomic mass is 9.93. The Morgan fingerprint density at radius 3 is 2.45 bits per heavy atom. The maximum atomic E-state index is 5.41. The SMILES string of the molecule is CNC1CC2CC1CC2OC. The molecule has 0 amide bonds. The Morgan fingerprint density at radius 1 is 1.18 bits per heavy atom. The van der Waals surface area contributed by atoms with Crippen LogP contribution in [-0.2, 0) is 4.74 Å². The first-order chi connectivity index (χ1) is 5.35. The Bertz CT molecular complexity index is 132. The molecule has 2 bridgehead atoms. The summed E-state index contributed by atoms with van der Waals surface area (Å²) < 4.78 is 5.41. The molecule has 0 aromatic carbocycles. The van der Waals surface area contributed by atoms with Crippen LogP contribution >= 0.6 is 0 Å². The van der Waals surface area contributed by atoms with Gasteiger partial charge in [0.1, 0.15) is 0 Å². The molecule has 2 aliphatic carbocycles. The van der Waals surface area contributed by atoms with Crippen molar-refractivity contribution in [1.82, 2.24) is 5.32 Å². The lowest BCUT2D eigenvalue weighted by molar-refractivity contribution is 0.0509. The van der Waals surface area contributed by atoms with Gasteiger partial charge in [0.25, 0.3) is 0 Å². The summed E-state index contributed by atoms with van der Waals surface area (Å²) in [6.07, 6.45) is 4.58. The molecule has 0 spiro atoms. The maximum Gasteiger partial charge on any atom is 0.0603 e. The minimum atomic E-state index is 0.574. The van der Waals surface area contributed by atoms with Crippen molar-refractivity contribution >= 4 is 0 Å². The molecule has 11 heavy (non-hydrogen) atoms. The molecule has 2 rings (SSSR count). The van der Waals surface area contributed by atoms with Crippen LogP contribution in [0.4, 0.5) is 0 Å². The predicted octanol–water partition coefficient (Wildman–Crippen LogP) is 1.02. The van der Waals surface area contributed by atoms with Crippen LogP contribution in [0.25, 0.3) is 0 Å². The van der Waals surface area contributed by atoms with Gasteiger partial charge in [0.05, 0.1) is 6.10 Å². The second-order valence-electron chi connectivity index (χ2n) is 3.90. The summed E-state index contributed by atoms with van der Waals surface area (Å²) in [6, 6.07) is 0.784. The largest absolute Gasteiger partial charge is 0.381 e. The van der Waals surface area contributed by atoms with Crippen molar-refractivity contribution in [3.63, 3.8) is 0 Å². The molecule has 64 valence electrons. The van der Waals surface area contributed by atoms with Crippen molar-refractivity contribution in [3.8, 4) is 0 Å². The zero-order valence-corrected chi connectivity index (χ0v) is 7.34. The summed E-state index contributed by atoms with van der Waals surface area (Å²) in [4.78, 5) is 0. The van der Waals surface area contributed by atoms with Gasteiger partial charge >= 0.3 is 0 Å². The van der Waals surface area contributed by atoms with E-state index in [0.29, 0.717) is 6.10 Å². The van der Waals surface area contributed by atoms with Crippen molar-refractivity contribution in [1.29, 1.82) is 0 Å². The molecule has 2 saturated carbocycles. The van der Waals surface area contributed by atoms with Crippen LogP contribution in [0.1, 0.15) is 19.3 Å². The van der Waals surface area contributed by atoms with Crippen molar-refractivity contribution < 1.29 is 4.74 Å². The van der Waals surface area contributed by atoms with Crippen LogP contribution in [0.2, 0.25) is 0 Å². The molecule has 4 atom stereocenters. The van der Waals surface area contributed by atoms with Crippen LogP contribution in [0.15, 0.2) is 0 Å². The normalized spacial score (nSPS) is 48.5. The Balaban J connectivity index is 1.97. The average Bonchev–Trinajstić information content (AvgIpc) is 2.60. The minimum absolute atomic E-state index is 0.574. The van der Waals surface area contributed by atoms with Gasteiger partial charge in [-0.15, -0.1) is 0 Å². The highest BCUT2D eigenvalue weighted by Crippen LogP contribution is 2.45. The molecule has 0 radical (unpaired) electrons. The quantitative estimate of drug-likeness (QED) is 0.643. The van der Waals surface area contributed by atoms with E-state index in [2.05, 4.69) is 12.4 Å². The second kappa shape index (κ2) is 2.76. The van der Waals surface area contributed by atoms with E-state index in [4.69, 9.17) is 4.74 Å². The van der Waals surface area contributed by atoms with Crippen LogP contribution in [0, 0.1) is 11.8 Å². The molecule has 0 heterocycles. The summed E-state index contributed by atoms with van der Waals surface area (Å²) >= 11 is 0. The fourth-order valence-electron chi connectivity index (χ4n) is 2.87. The van der Waals surface area contributed by atoms with Crippen molar-refractivity contribution in [2.24, 2.45) is 11.8 Å². The van der Waals surface area contributed by atoms with Gasteiger partial charge in [-0.25, -0.2) is 0 Å². The summed E-state index contributed by atoms with van der Waals surface area (Å²) in [7, 11) is 3.92. The fraction of sp³-hybridized carbons (Fsp3) is 1.00. The summed E-state index contributed by atoms with van der Waals surface area (Å²) in [5.41, 5.74) is 0. The van der Waals surface area contributed by atoms with Gasteiger partial charge in [-0.1, -0.05) is 0 Å². The van der Waals surface area contributed by atoms with Gasteiger partial charge < -0.3 is 10.1 Å². The van der Waals surface area contributed by atoms with E-state index in [-0.39, 0.29) is 0 Å². The highest BCUT2D eigenvalue weighted by molar-refractivity contribution is 4.98. The Hall–Kier alpha value is -0.0800. The van der Waals surface area contributed by atoms with Gasteiger partial charge in [-0.2, -0.15) is 0 Å². The van der Waals surface area contributed by atoms with Crippen LogP contribution in [0.5, 0.6) is 0 Å². The summed E-state index contributed by atoms with van der Waals surface area (Å²) in [5, 5.41) is 3.38. The Kier molecular flexibility index (Phi) is 1.90. The Labute approximate surface area is 68.3 Å². The van der Waals surface area contributed by atoms with E-state index in [1.165, 1.54) is 19.3 Å². The summed E-state index contributed by atoms with van der Waals surface area (Å²) in [5.74, 6) is 1.75. The van der Waals surface area contributed by atoms with Gasteiger partial charge in [0, 0.05) is 13.2 Å². The molecule has 2 heteroatoms. The smallest absolute Gasteiger partial charge is 0.0603 e. The van der Waals surface area contributed by atoms with Gasteiger partial charge in [-0.05, 0) is 38.1 Å². The van der Waals surface area contributed by atoms with E-state index < -0.39 is 0 Å². The monoisotopic (exact) mass is 155 g/mol. The predicted molar refractivity (Wildman–Crippen MR) is 44.5 cm³/mol. The molecule has 2 fully saturated rings. The van der Waals surface area contributed by atoms with Crippen molar-refractivity contribution in [3.05, 3.63) is 0 Å². The number of hydrogen-bond donors (Lipinski definition) is 1. The first kappa shape index (κ1) is 7.56. The van der Waals surface area contributed by atoms with Gasteiger partial charge in [0.2, 0.25) is 0 Å². The van der Waals surface area contributed by atoms with E-state index in [1.54, 1.807) is 0 Å². The molecule has 0 aromatic rings. The average molecular weight is 155 g/mol. The third kappa shape index (κ3) is 1.09. The number of hydrogen-bond acceptors (Lipinski definition) is 2. The molecule has 2 aliphatic rings. The molecule has 0 aliphatic heterocycles. The molecule has 0 aromatic heterocycles. The molecular formula is C9H17NO. The fourth-order valence-corrected chi connectivity index (χ4v) is 2.87. The molecule has 1 N–H and O–H groups in total. The van der Waals surface area contributed by atoms with Crippen LogP contribution in [-0.4, -0.2) is 26.3 Å². The minimum Gasteiger partial charge on any atom is -0.381 e. The van der Waals surface area contributed by atoms with E-state index in [9.17, 15) is 0 Å². The lowest BCUT2D eigenvalue weighted by Crippen LogP contribution is -2.35.